The molecule has 0 atom stereocenters. The molecule has 1 aliphatic heterocycles. The highest BCUT2D eigenvalue weighted by atomic mass is 32.1. The molecule has 1 N–H and O–H groups in total. The fourth-order valence-electron chi connectivity index (χ4n) is 1.16. The van der Waals surface area contributed by atoms with Crippen LogP contribution in [0, 0.1) is 0 Å². The van der Waals surface area contributed by atoms with Gasteiger partial charge in [0.15, 0.2) is 0 Å². The highest BCUT2D eigenvalue weighted by Crippen LogP contribution is 2.18. The molecule has 60 valence electrons. The van der Waals surface area contributed by atoms with Crippen LogP contribution in [0.2, 0.25) is 0 Å². The highest BCUT2D eigenvalue weighted by Gasteiger charge is 2.23. The van der Waals surface area contributed by atoms with Crippen LogP contribution < -0.4 is 5.43 Å². The van der Waals surface area contributed by atoms with E-state index in [-0.39, 0.29) is 4.87 Å². The lowest BCUT2D eigenvalue weighted by molar-refractivity contribution is 0.0958. The van der Waals surface area contributed by atoms with Crippen LogP contribution in [0.25, 0.3) is 0 Å². The van der Waals surface area contributed by atoms with Crippen molar-refractivity contribution < 1.29 is 0 Å². The third-order valence-electron chi connectivity index (χ3n) is 1.77. The number of thiol groups is 1. The highest BCUT2D eigenvalue weighted by molar-refractivity contribution is 7.81. The number of hydrogen-bond acceptors (Lipinski definition) is 3. The molecule has 3 heteroatoms. The summed E-state index contributed by atoms with van der Waals surface area (Å²) in [6.07, 6.45) is 2.58. The molecule has 2 nitrogen and oxygen atoms in total. The summed E-state index contributed by atoms with van der Waals surface area (Å²) in [4.78, 5) is -0.0135. The summed E-state index contributed by atoms with van der Waals surface area (Å²) < 4.78 is 0. The molecule has 1 rings (SSSR count). The Kier molecular flexibility index (Phi) is 2.61. The van der Waals surface area contributed by atoms with Gasteiger partial charge in [-0.2, -0.15) is 12.6 Å². The zero-order valence-corrected chi connectivity index (χ0v) is 7.62. The first-order valence-electron chi connectivity index (χ1n) is 3.84. The predicted molar refractivity (Wildman–Crippen MR) is 47.0 cm³/mol. The smallest absolute Gasteiger partial charge is 0.0719 e. The Morgan fingerprint density at radius 1 is 1.40 bits per heavy atom. The fourth-order valence-corrected chi connectivity index (χ4v) is 1.33. The Balaban J connectivity index is 2.39. The first-order chi connectivity index (χ1) is 4.61. The normalized spacial score (nSPS) is 23.1. The molecule has 0 aromatic rings. The second-order valence-corrected chi connectivity index (χ2v) is 4.36. The lowest BCUT2D eigenvalue weighted by atomic mass is 10.2. The topological polar surface area (TPSA) is 15.3 Å². The maximum absolute atomic E-state index is 4.46. The van der Waals surface area contributed by atoms with E-state index in [4.69, 9.17) is 0 Å². The Labute approximate surface area is 68.4 Å². The van der Waals surface area contributed by atoms with Crippen LogP contribution in [0.3, 0.4) is 0 Å². The molecule has 0 radical (unpaired) electrons. The van der Waals surface area contributed by atoms with E-state index in [2.05, 4.69) is 36.9 Å². The van der Waals surface area contributed by atoms with E-state index >= 15 is 0 Å². The van der Waals surface area contributed by atoms with Gasteiger partial charge in [0, 0.05) is 13.1 Å². The van der Waals surface area contributed by atoms with Crippen molar-refractivity contribution in [1.82, 2.24) is 10.4 Å². The summed E-state index contributed by atoms with van der Waals surface area (Å²) in [5.41, 5.74) is 3.32. The van der Waals surface area contributed by atoms with E-state index in [9.17, 15) is 0 Å². The van der Waals surface area contributed by atoms with Gasteiger partial charge < -0.3 is 0 Å². The Bertz CT molecular complexity index is 103. The summed E-state index contributed by atoms with van der Waals surface area (Å²) >= 11 is 4.46. The summed E-state index contributed by atoms with van der Waals surface area (Å²) in [5, 5.41) is 2.19. The molecule has 1 fully saturated rings. The van der Waals surface area contributed by atoms with Crippen LogP contribution in [-0.2, 0) is 0 Å². The maximum Gasteiger partial charge on any atom is 0.0719 e. The molecule has 1 saturated heterocycles. The molecule has 0 aromatic heterocycles. The first kappa shape index (κ1) is 8.37. The van der Waals surface area contributed by atoms with Gasteiger partial charge in [0.1, 0.15) is 0 Å². The molecule has 0 amide bonds. The monoisotopic (exact) mass is 160 g/mol. The minimum Gasteiger partial charge on any atom is -0.254 e. The van der Waals surface area contributed by atoms with E-state index in [1.807, 2.05) is 0 Å². The number of nitrogens with one attached hydrogen (secondary N) is 1. The third kappa shape index (κ3) is 2.15. The van der Waals surface area contributed by atoms with Crippen molar-refractivity contribution in [1.29, 1.82) is 0 Å². The zero-order valence-electron chi connectivity index (χ0n) is 6.72. The number of hydrazine groups is 1. The summed E-state index contributed by atoms with van der Waals surface area (Å²) in [6, 6.07) is 0. The third-order valence-corrected chi connectivity index (χ3v) is 2.01. The molecule has 0 unspecified atom stereocenters. The summed E-state index contributed by atoms with van der Waals surface area (Å²) in [5.74, 6) is 0. The molecule has 10 heavy (non-hydrogen) atoms. The molecule has 0 saturated carbocycles. The van der Waals surface area contributed by atoms with Gasteiger partial charge in [-0.3, -0.25) is 5.43 Å². The van der Waals surface area contributed by atoms with Gasteiger partial charge in [-0.15, -0.1) is 0 Å². The van der Waals surface area contributed by atoms with Gasteiger partial charge >= 0.3 is 0 Å². The van der Waals surface area contributed by atoms with Crippen molar-refractivity contribution >= 4 is 12.6 Å². The first-order valence-corrected chi connectivity index (χ1v) is 4.29. The Hall–Kier alpha value is 0.270. The zero-order chi connectivity index (χ0) is 7.61. The molecule has 0 aliphatic carbocycles. The number of nitrogens with zero attached hydrogens (tertiary/aromatic N) is 1. The minimum absolute atomic E-state index is 0.0135. The molecular weight excluding hydrogens is 144 g/mol. The van der Waals surface area contributed by atoms with E-state index in [0.29, 0.717) is 0 Å². The van der Waals surface area contributed by atoms with Gasteiger partial charge in [-0.05, 0) is 26.7 Å². The van der Waals surface area contributed by atoms with Crippen LogP contribution >= 0.6 is 12.6 Å². The second kappa shape index (κ2) is 3.11. The van der Waals surface area contributed by atoms with Crippen LogP contribution in [0.1, 0.15) is 26.7 Å². The van der Waals surface area contributed by atoms with E-state index < -0.39 is 0 Å². The summed E-state index contributed by atoms with van der Waals surface area (Å²) in [6.45, 7) is 6.43. The lowest BCUT2D eigenvalue weighted by Crippen LogP contribution is -2.52. The number of hydrogen-bond donors (Lipinski definition) is 2. The van der Waals surface area contributed by atoms with Crippen LogP contribution in [0.5, 0.6) is 0 Å². The van der Waals surface area contributed by atoms with E-state index in [1.165, 1.54) is 12.8 Å². The van der Waals surface area contributed by atoms with Gasteiger partial charge in [0.25, 0.3) is 0 Å². The van der Waals surface area contributed by atoms with Crippen LogP contribution in [0.4, 0.5) is 0 Å². The molecule has 0 bridgehead atoms. The standard InChI is InChI=1S/C7H16N2S/c1-7(2,10)9-6-4-3-5-8-9/h8,10H,3-6H2,1-2H3. The van der Waals surface area contributed by atoms with Crippen molar-refractivity contribution in [3.63, 3.8) is 0 Å². The second-order valence-electron chi connectivity index (χ2n) is 3.26. The van der Waals surface area contributed by atoms with Crippen molar-refractivity contribution in [3.8, 4) is 0 Å². The van der Waals surface area contributed by atoms with E-state index in [1.54, 1.807) is 0 Å². The quantitative estimate of drug-likeness (QED) is 0.561. The number of rotatable bonds is 1. The molecule has 0 spiro atoms. The Morgan fingerprint density at radius 3 is 2.40 bits per heavy atom. The summed E-state index contributed by atoms with van der Waals surface area (Å²) in [7, 11) is 0. The van der Waals surface area contributed by atoms with Crippen molar-refractivity contribution in [3.05, 3.63) is 0 Å². The van der Waals surface area contributed by atoms with Crippen LogP contribution in [0.15, 0.2) is 0 Å². The largest absolute Gasteiger partial charge is 0.254 e. The van der Waals surface area contributed by atoms with Crippen molar-refractivity contribution in [2.45, 2.75) is 31.6 Å². The van der Waals surface area contributed by atoms with Gasteiger partial charge in [0.05, 0.1) is 4.87 Å². The van der Waals surface area contributed by atoms with Gasteiger partial charge in [0.2, 0.25) is 0 Å². The van der Waals surface area contributed by atoms with E-state index in [0.717, 1.165) is 13.1 Å². The molecule has 1 aliphatic rings. The van der Waals surface area contributed by atoms with Gasteiger partial charge in [-0.1, -0.05) is 0 Å². The van der Waals surface area contributed by atoms with Crippen LogP contribution in [-0.4, -0.2) is 23.0 Å². The van der Waals surface area contributed by atoms with Crippen molar-refractivity contribution in [2.24, 2.45) is 0 Å². The minimum atomic E-state index is -0.0135. The SMILES string of the molecule is CC(C)(S)N1CCCCN1. The predicted octanol–water partition coefficient (Wildman–Crippen LogP) is 1.25. The molecule has 0 aromatic carbocycles. The fraction of sp³-hybridized carbons (Fsp3) is 1.00. The molecular formula is C7H16N2S. The van der Waals surface area contributed by atoms with Crippen molar-refractivity contribution in [2.75, 3.05) is 13.1 Å². The van der Waals surface area contributed by atoms with Gasteiger partial charge in [-0.25, -0.2) is 5.01 Å². The maximum atomic E-state index is 4.46. The average Bonchev–Trinajstić information content (AvgIpc) is 1.88. The Morgan fingerprint density at radius 2 is 2.10 bits per heavy atom. The average molecular weight is 160 g/mol. The lowest BCUT2D eigenvalue weighted by Gasteiger charge is -2.37. The molecule has 1 heterocycles.